The third kappa shape index (κ3) is 2.96. The van der Waals surface area contributed by atoms with Crippen LogP contribution in [0.15, 0.2) is 0 Å². The van der Waals surface area contributed by atoms with E-state index in [4.69, 9.17) is 11.6 Å². The van der Waals surface area contributed by atoms with Gasteiger partial charge in [0.1, 0.15) is 0 Å². The highest BCUT2D eigenvalue weighted by molar-refractivity contribution is 4.52. The minimum absolute atomic E-state index is 0.401. The zero-order valence-electron chi connectivity index (χ0n) is 5.59. The van der Waals surface area contributed by atoms with E-state index >= 15 is 0 Å². The lowest BCUT2D eigenvalue weighted by molar-refractivity contribution is 0.235. The van der Waals surface area contributed by atoms with E-state index in [-0.39, 0.29) is 0 Å². The molecule has 0 aromatic carbocycles. The van der Waals surface area contributed by atoms with Crippen LogP contribution in [0.3, 0.4) is 0 Å². The van der Waals surface area contributed by atoms with Crippen LogP contribution in [-0.4, -0.2) is 24.1 Å². The molecule has 0 saturated carbocycles. The second kappa shape index (κ2) is 3.83. The number of hydrogen-bond acceptors (Lipinski definition) is 3. The molecule has 0 rings (SSSR count). The van der Waals surface area contributed by atoms with Gasteiger partial charge in [-0.3, -0.25) is 5.84 Å². The summed E-state index contributed by atoms with van der Waals surface area (Å²) >= 11 is 0. The van der Waals surface area contributed by atoms with Crippen LogP contribution in [0.25, 0.3) is 0 Å². The molecule has 0 amide bonds. The molecule has 0 aliphatic carbocycles. The molecular formula is C5H15N3. The lowest BCUT2D eigenvalue weighted by Gasteiger charge is -2.18. The highest BCUT2D eigenvalue weighted by Gasteiger charge is 1.99. The third-order valence-corrected chi connectivity index (χ3v) is 1.05. The van der Waals surface area contributed by atoms with E-state index in [0.717, 1.165) is 6.54 Å². The van der Waals surface area contributed by atoms with Crippen molar-refractivity contribution in [1.82, 2.24) is 5.01 Å². The van der Waals surface area contributed by atoms with E-state index in [1.165, 1.54) is 0 Å². The van der Waals surface area contributed by atoms with Gasteiger partial charge in [-0.05, 0) is 13.8 Å². The summed E-state index contributed by atoms with van der Waals surface area (Å²) < 4.78 is 0. The summed E-state index contributed by atoms with van der Waals surface area (Å²) in [6.07, 6.45) is 0. The zero-order valence-corrected chi connectivity index (χ0v) is 5.59. The van der Waals surface area contributed by atoms with E-state index < -0.39 is 0 Å². The summed E-state index contributed by atoms with van der Waals surface area (Å²) in [4.78, 5) is 0. The molecule has 0 bridgehead atoms. The molecule has 0 saturated heterocycles. The van der Waals surface area contributed by atoms with Crippen molar-refractivity contribution >= 4 is 0 Å². The molecule has 3 heteroatoms. The smallest absolute Gasteiger partial charge is 0.0254 e. The Labute approximate surface area is 50.6 Å². The second-order valence-electron chi connectivity index (χ2n) is 2.12. The number of nitrogens with zero attached hydrogens (tertiary/aromatic N) is 1. The Kier molecular flexibility index (Phi) is 3.77. The second-order valence-corrected chi connectivity index (χ2v) is 2.12. The first-order valence-corrected chi connectivity index (χ1v) is 2.90. The zero-order chi connectivity index (χ0) is 6.57. The first-order chi connectivity index (χ1) is 3.68. The Morgan fingerprint density at radius 3 is 2.12 bits per heavy atom. The van der Waals surface area contributed by atoms with Crippen LogP contribution in [0.4, 0.5) is 0 Å². The van der Waals surface area contributed by atoms with Crippen LogP contribution < -0.4 is 11.6 Å². The maximum atomic E-state index is 5.48. The van der Waals surface area contributed by atoms with Gasteiger partial charge in [-0.1, -0.05) is 0 Å². The Morgan fingerprint density at radius 1 is 1.50 bits per heavy atom. The predicted molar refractivity (Wildman–Crippen MR) is 35.1 cm³/mol. The molecule has 0 radical (unpaired) electrons. The van der Waals surface area contributed by atoms with Crippen LogP contribution in [0.2, 0.25) is 0 Å². The minimum atomic E-state index is 0.401. The summed E-state index contributed by atoms with van der Waals surface area (Å²) in [5.74, 6) is 5.48. The van der Waals surface area contributed by atoms with Crippen LogP contribution in [-0.2, 0) is 0 Å². The van der Waals surface area contributed by atoms with Gasteiger partial charge < -0.3 is 5.73 Å². The van der Waals surface area contributed by atoms with E-state index in [1.54, 1.807) is 5.01 Å². The topological polar surface area (TPSA) is 55.3 Å². The molecule has 0 aliphatic heterocycles. The highest BCUT2D eigenvalue weighted by atomic mass is 15.4. The molecule has 3 nitrogen and oxygen atoms in total. The van der Waals surface area contributed by atoms with Crippen molar-refractivity contribution < 1.29 is 0 Å². The summed E-state index contributed by atoms with van der Waals surface area (Å²) in [6, 6.07) is 0.401. The molecular weight excluding hydrogens is 102 g/mol. The summed E-state index contributed by atoms with van der Waals surface area (Å²) in [7, 11) is 0. The Hall–Kier alpha value is -0.120. The van der Waals surface area contributed by atoms with Gasteiger partial charge in [-0.15, -0.1) is 0 Å². The van der Waals surface area contributed by atoms with Gasteiger partial charge in [0.2, 0.25) is 0 Å². The normalized spacial score (nSPS) is 11.2. The molecule has 0 heterocycles. The van der Waals surface area contributed by atoms with Crippen LogP contribution in [0.5, 0.6) is 0 Å². The standard InChI is InChI=1S/C5H15N3/c1-5(2)8(7)4-3-6/h5H,3-4,6-7H2,1-2H3. The van der Waals surface area contributed by atoms with E-state index in [2.05, 4.69) is 0 Å². The monoisotopic (exact) mass is 117 g/mol. The van der Waals surface area contributed by atoms with Crippen molar-refractivity contribution in [1.29, 1.82) is 0 Å². The predicted octanol–water partition coefficient (Wildman–Crippen LogP) is -0.471. The van der Waals surface area contributed by atoms with Crippen molar-refractivity contribution in [2.75, 3.05) is 13.1 Å². The molecule has 8 heavy (non-hydrogen) atoms. The first-order valence-electron chi connectivity index (χ1n) is 2.90. The summed E-state index contributed by atoms with van der Waals surface area (Å²) in [5.41, 5.74) is 5.25. The van der Waals surface area contributed by atoms with Gasteiger partial charge >= 0.3 is 0 Å². The number of rotatable bonds is 3. The molecule has 0 spiro atoms. The Morgan fingerprint density at radius 2 is 2.00 bits per heavy atom. The molecule has 0 unspecified atom stereocenters. The summed E-state index contributed by atoms with van der Waals surface area (Å²) in [6.45, 7) is 5.48. The lowest BCUT2D eigenvalue weighted by atomic mass is 10.4. The maximum Gasteiger partial charge on any atom is 0.0254 e. The Balaban J connectivity index is 3.17. The van der Waals surface area contributed by atoms with Crippen molar-refractivity contribution in [3.8, 4) is 0 Å². The van der Waals surface area contributed by atoms with Gasteiger partial charge in [0.25, 0.3) is 0 Å². The molecule has 0 aliphatic rings. The molecule has 0 aromatic rings. The number of nitrogens with two attached hydrogens (primary N) is 2. The molecule has 0 aromatic heterocycles. The van der Waals surface area contributed by atoms with E-state index in [1.807, 2.05) is 13.8 Å². The van der Waals surface area contributed by atoms with Gasteiger partial charge in [0.05, 0.1) is 0 Å². The lowest BCUT2D eigenvalue weighted by Crippen LogP contribution is -2.40. The fourth-order valence-corrected chi connectivity index (χ4v) is 0.407. The molecule has 50 valence electrons. The fourth-order valence-electron chi connectivity index (χ4n) is 0.407. The van der Waals surface area contributed by atoms with Gasteiger partial charge in [-0.25, -0.2) is 5.01 Å². The minimum Gasteiger partial charge on any atom is -0.329 e. The van der Waals surface area contributed by atoms with Crippen LogP contribution in [0.1, 0.15) is 13.8 Å². The number of hydrazine groups is 1. The van der Waals surface area contributed by atoms with Gasteiger partial charge in [-0.2, -0.15) is 0 Å². The van der Waals surface area contributed by atoms with Gasteiger partial charge in [0.15, 0.2) is 0 Å². The molecule has 0 fully saturated rings. The summed E-state index contributed by atoms with van der Waals surface area (Å²) in [5, 5.41) is 1.72. The number of hydrogen-bond donors (Lipinski definition) is 2. The van der Waals surface area contributed by atoms with Crippen molar-refractivity contribution in [2.24, 2.45) is 11.6 Å². The van der Waals surface area contributed by atoms with Crippen molar-refractivity contribution in [3.05, 3.63) is 0 Å². The molecule has 4 N–H and O–H groups in total. The largest absolute Gasteiger partial charge is 0.329 e. The van der Waals surface area contributed by atoms with Crippen molar-refractivity contribution in [2.45, 2.75) is 19.9 Å². The van der Waals surface area contributed by atoms with Crippen LogP contribution in [0, 0.1) is 0 Å². The van der Waals surface area contributed by atoms with Gasteiger partial charge in [0, 0.05) is 19.1 Å². The van der Waals surface area contributed by atoms with Crippen molar-refractivity contribution in [3.63, 3.8) is 0 Å². The maximum absolute atomic E-state index is 5.48. The first kappa shape index (κ1) is 7.88. The fraction of sp³-hybridized carbons (Fsp3) is 1.00. The average Bonchev–Trinajstić information content (AvgIpc) is 1.67. The highest BCUT2D eigenvalue weighted by Crippen LogP contribution is 1.85. The van der Waals surface area contributed by atoms with E-state index in [0.29, 0.717) is 12.6 Å². The van der Waals surface area contributed by atoms with Crippen LogP contribution >= 0.6 is 0 Å². The van der Waals surface area contributed by atoms with E-state index in [9.17, 15) is 0 Å². The molecule has 0 atom stereocenters. The average molecular weight is 117 g/mol. The quantitative estimate of drug-likeness (QED) is 0.388. The SMILES string of the molecule is CC(C)N(N)CCN. The Bertz CT molecular complexity index is 53.6. The third-order valence-electron chi connectivity index (χ3n) is 1.05.